The summed E-state index contributed by atoms with van der Waals surface area (Å²) in [5.74, 6) is 0.564. The van der Waals surface area contributed by atoms with Gasteiger partial charge >= 0.3 is 5.69 Å². The highest BCUT2D eigenvalue weighted by atomic mass is 79.9. The summed E-state index contributed by atoms with van der Waals surface area (Å²) in [5, 5.41) is 17.4. The van der Waals surface area contributed by atoms with Crippen LogP contribution in [-0.2, 0) is 13.0 Å². The largest absolute Gasteiger partial charge is 0.481 e. The van der Waals surface area contributed by atoms with E-state index in [0.717, 1.165) is 17.3 Å². The number of halogens is 4. The van der Waals surface area contributed by atoms with E-state index in [-0.39, 0.29) is 23.6 Å². The molecule has 0 aliphatic heterocycles. The Bertz CT molecular complexity index is 1630. The summed E-state index contributed by atoms with van der Waals surface area (Å²) in [7, 11) is 0. The van der Waals surface area contributed by atoms with Crippen molar-refractivity contribution in [3.63, 3.8) is 0 Å². The van der Waals surface area contributed by atoms with E-state index in [9.17, 15) is 14.9 Å². The van der Waals surface area contributed by atoms with E-state index in [2.05, 4.69) is 41.9 Å². The predicted octanol–water partition coefficient (Wildman–Crippen LogP) is 7.94. The van der Waals surface area contributed by atoms with Gasteiger partial charge in [-0.2, -0.15) is 9.78 Å². The van der Waals surface area contributed by atoms with Crippen LogP contribution in [0.25, 0.3) is 10.9 Å². The van der Waals surface area contributed by atoms with E-state index < -0.39 is 4.92 Å². The van der Waals surface area contributed by atoms with E-state index in [4.69, 9.17) is 27.9 Å². The van der Waals surface area contributed by atoms with Crippen LogP contribution in [0.2, 0.25) is 10.0 Å². The minimum atomic E-state index is -0.541. The maximum Gasteiger partial charge on any atom is 0.312 e. The third kappa shape index (κ3) is 6.43. The summed E-state index contributed by atoms with van der Waals surface area (Å²) in [5.41, 5.74) is 1.08. The fourth-order valence-corrected chi connectivity index (χ4v) is 4.94. The molecule has 12 heteroatoms. The molecule has 196 valence electrons. The maximum absolute atomic E-state index is 13.3. The number of rotatable bonds is 9. The molecule has 0 amide bonds. The number of aromatic nitrogens is 2. The lowest BCUT2D eigenvalue weighted by atomic mass is 10.2. The molecule has 0 spiro atoms. The number of aryl methyl sites for hydroxylation is 1. The van der Waals surface area contributed by atoms with Crippen LogP contribution >= 0.6 is 55.1 Å². The van der Waals surface area contributed by atoms with Crippen molar-refractivity contribution in [2.45, 2.75) is 32.8 Å². The zero-order chi connectivity index (χ0) is 27.4. The van der Waals surface area contributed by atoms with Gasteiger partial charge in [0.2, 0.25) is 5.75 Å². The fourth-order valence-electron chi connectivity index (χ4n) is 3.67. The van der Waals surface area contributed by atoms with Gasteiger partial charge in [-0.25, -0.2) is 4.98 Å². The van der Waals surface area contributed by atoms with Crippen LogP contribution in [0.3, 0.4) is 0 Å². The van der Waals surface area contributed by atoms with E-state index >= 15 is 0 Å². The van der Waals surface area contributed by atoms with Crippen LogP contribution < -0.4 is 10.3 Å². The summed E-state index contributed by atoms with van der Waals surface area (Å²) in [6.07, 6.45) is 3.69. The third-order valence-electron chi connectivity index (χ3n) is 5.56. The first-order valence-electron chi connectivity index (χ1n) is 11.5. The zero-order valence-corrected chi connectivity index (χ0v) is 24.6. The molecule has 0 fully saturated rings. The number of benzene rings is 3. The average molecular weight is 683 g/mol. The Hall–Kier alpha value is -2.79. The average Bonchev–Trinajstić information content (AvgIpc) is 2.88. The summed E-state index contributed by atoms with van der Waals surface area (Å²) >= 11 is 18.8. The molecule has 0 saturated heterocycles. The lowest BCUT2D eigenvalue weighted by Crippen LogP contribution is -2.22. The van der Waals surface area contributed by atoms with Crippen molar-refractivity contribution >= 4 is 77.9 Å². The minimum Gasteiger partial charge on any atom is -0.481 e. The quantitative estimate of drug-likeness (QED) is 0.101. The molecule has 0 atom stereocenters. The van der Waals surface area contributed by atoms with Crippen LogP contribution in [0.15, 0.2) is 67.4 Å². The molecule has 0 N–H and O–H groups in total. The molecule has 0 aliphatic carbocycles. The summed E-state index contributed by atoms with van der Waals surface area (Å²) in [6, 6.07) is 13.2. The van der Waals surface area contributed by atoms with Gasteiger partial charge in [0.25, 0.3) is 5.56 Å². The molecule has 3 aromatic carbocycles. The van der Waals surface area contributed by atoms with E-state index in [1.54, 1.807) is 36.4 Å². The molecule has 0 radical (unpaired) electrons. The molecule has 0 saturated carbocycles. The summed E-state index contributed by atoms with van der Waals surface area (Å²) in [6.45, 7) is 2.09. The Kier molecular flexibility index (Phi) is 9.19. The second-order valence-corrected chi connectivity index (χ2v) is 10.9. The van der Waals surface area contributed by atoms with Crippen molar-refractivity contribution in [3.05, 3.63) is 105 Å². The van der Waals surface area contributed by atoms with Crippen molar-refractivity contribution in [2.75, 3.05) is 0 Å². The normalized spacial score (nSPS) is 11.4. The number of nitro benzene ring substituents is 1. The molecule has 8 nitrogen and oxygen atoms in total. The number of hydrogen-bond donors (Lipinski definition) is 0. The van der Waals surface area contributed by atoms with Gasteiger partial charge in [0.1, 0.15) is 12.4 Å². The van der Waals surface area contributed by atoms with E-state index in [1.165, 1.54) is 17.0 Å². The SMILES string of the molecule is CCCCc1nc2ccc(Br)cc2c(=O)n1N=Cc1cc(Br)c(OCc2ccc(Cl)c(Cl)c2)c([N+](=O)[O-])c1. The molecule has 4 aromatic rings. The van der Waals surface area contributed by atoms with Crippen molar-refractivity contribution < 1.29 is 9.66 Å². The van der Waals surface area contributed by atoms with E-state index in [1.807, 2.05) is 13.0 Å². The fraction of sp³-hybridized carbons (Fsp3) is 0.192. The first-order valence-corrected chi connectivity index (χ1v) is 13.8. The third-order valence-corrected chi connectivity index (χ3v) is 7.38. The Morgan fingerprint density at radius 1 is 1.13 bits per heavy atom. The van der Waals surface area contributed by atoms with Crippen LogP contribution in [0, 0.1) is 10.1 Å². The van der Waals surface area contributed by atoms with Crippen molar-refractivity contribution in [3.8, 4) is 5.75 Å². The number of unbranched alkanes of at least 4 members (excludes halogenated alkanes) is 1. The predicted molar refractivity (Wildman–Crippen MR) is 157 cm³/mol. The van der Waals surface area contributed by atoms with Gasteiger partial charge in [0.15, 0.2) is 0 Å². The first kappa shape index (κ1) is 28.2. The molecule has 1 aromatic heterocycles. The monoisotopic (exact) mass is 680 g/mol. The molecule has 4 rings (SSSR count). The highest BCUT2D eigenvalue weighted by Crippen LogP contribution is 2.37. The van der Waals surface area contributed by atoms with E-state index in [0.29, 0.717) is 48.8 Å². The second-order valence-electron chi connectivity index (χ2n) is 8.30. The van der Waals surface area contributed by atoms with Crippen LogP contribution in [0.5, 0.6) is 5.75 Å². The van der Waals surface area contributed by atoms with Gasteiger partial charge in [0.05, 0.1) is 36.6 Å². The first-order chi connectivity index (χ1) is 18.2. The van der Waals surface area contributed by atoms with Crippen LogP contribution in [0.4, 0.5) is 5.69 Å². The number of nitro groups is 1. The lowest BCUT2D eigenvalue weighted by Gasteiger charge is -2.11. The number of ether oxygens (including phenoxy) is 1. The Balaban J connectivity index is 1.70. The van der Waals surface area contributed by atoms with Gasteiger partial charge in [0, 0.05) is 22.5 Å². The number of nitrogens with zero attached hydrogens (tertiary/aromatic N) is 4. The number of fused-ring (bicyclic) bond motifs is 1. The van der Waals surface area contributed by atoms with Crippen LogP contribution in [-0.4, -0.2) is 20.8 Å². The standard InChI is InChI=1S/C26H20Br2Cl2N4O4/c1-2-3-4-24-32-22-8-6-17(27)12-18(22)26(35)33(24)31-13-16-9-19(28)25(23(11-16)34(36)37)38-14-15-5-7-20(29)21(30)10-15/h5-13H,2-4,14H2,1H3. The summed E-state index contributed by atoms with van der Waals surface area (Å²) in [4.78, 5) is 29.2. The van der Waals surface area contributed by atoms with Gasteiger partial charge in [-0.15, -0.1) is 0 Å². The molecule has 1 heterocycles. The maximum atomic E-state index is 13.3. The molecule has 38 heavy (non-hydrogen) atoms. The molecular weight excluding hydrogens is 663 g/mol. The highest BCUT2D eigenvalue weighted by molar-refractivity contribution is 9.10. The smallest absolute Gasteiger partial charge is 0.312 e. The van der Waals surface area contributed by atoms with Gasteiger partial charge < -0.3 is 4.74 Å². The minimum absolute atomic E-state index is 0.0399. The van der Waals surface area contributed by atoms with Gasteiger partial charge in [-0.05, 0) is 64.3 Å². The lowest BCUT2D eigenvalue weighted by molar-refractivity contribution is -0.386. The molecular formula is C26H20Br2Cl2N4O4. The second kappa shape index (κ2) is 12.4. The number of hydrogen-bond acceptors (Lipinski definition) is 6. The molecule has 0 bridgehead atoms. The Labute approximate surface area is 244 Å². The van der Waals surface area contributed by atoms with Crippen molar-refractivity contribution in [1.82, 2.24) is 9.66 Å². The Morgan fingerprint density at radius 3 is 2.63 bits per heavy atom. The molecule has 0 unspecified atom stereocenters. The van der Waals surface area contributed by atoms with Gasteiger partial charge in [-0.1, -0.05) is 58.5 Å². The van der Waals surface area contributed by atoms with Gasteiger partial charge in [-0.3, -0.25) is 14.9 Å². The summed E-state index contributed by atoms with van der Waals surface area (Å²) < 4.78 is 8.12. The van der Waals surface area contributed by atoms with Crippen molar-refractivity contribution in [2.24, 2.45) is 5.10 Å². The zero-order valence-electron chi connectivity index (χ0n) is 20.0. The van der Waals surface area contributed by atoms with Crippen LogP contribution in [0.1, 0.15) is 36.7 Å². The topological polar surface area (TPSA) is 99.6 Å². The highest BCUT2D eigenvalue weighted by Gasteiger charge is 2.21. The van der Waals surface area contributed by atoms with Crippen molar-refractivity contribution in [1.29, 1.82) is 0 Å². The molecule has 0 aliphatic rings. The Morgan fingerprint density at radius 2 is 1.92 bits per heavy atom.